The molecule has 62 valence electrons. The maximum atomic E-state index is 8.55. The molecule has 2 atom stereocenters. The Morgan fingerprint density at radius 3 is 2.30 bits per heavy atom. The number of hydrogen-bond donors (Lipinski definition) is 1. The predicted octanol–water partition coefficient (Wildman–Crippen LogP) is 0.419. The molecule has 0 aromatic carbocycles. The number of aliphatic hydroxyl groups is 1. The second kappa shape index (κ2) is 5.65. The van der Waals surface area contributed by atoms with E-state index in [9.17, 15) is 0 Å². The molecule has 3 nitrogen and oxygen atoms in total. The van der Waals surface area contributed by atoms with Gasteiger partial charge in [0.25, 0.3) is 0 Å². The molecule has 1 N–H and O–H groups in total. The van der Waals surface area contributed by atoms with Gasteiger partial charge in [-0.15, -0.1) is 0 Å². The summed E-state index contributed by atoms with van der Waals surface area (Å²) in [7, 11) is 1.64. The molecule has 0 saturated heterocycles. The lowest BCUT2D eigenvalue weighted by atomic mass is 10.4. The Labute approximate surface area is 62.0 Å². The largest absolute Gasteiger partial charge is 0.394 e. The van der Waals surface area contributed by atoms with E-state index in [1.165, 1.54) is 0 Å². The van der Waals surface area contributed by atoms with Gasteiger partial charge in [0.1, 0.15) is 0 Å². The van der Waals surface area contributed by atoms with Crippen molar-refractivity contribution in [2.24, 2.45) is 0 Å². The van der Waals surface area contributed by atoms with Crippen molar-refractivity contribution < 1.29 is 14.6 Å². The molecule has 10 heavy (non-hydrogen) atoms. The van der Waals surface area contributed by atoms with Crippen LogP contribution in [0.2, 0.25) is 0 Å². The molecule has 0 heterocycles. The van der Waals surface area contributed by atoms with Crippen molar-refractivity contribution in [2.75, 3.05) is 20.3 Å². The number of hydrogen-bond acceptors (Lipinski definition) is 3. The van der Waals surface area contributed by atoms with Crippen LogP contribution in [0.15, 0.2) is 0 Å². The Morgan fingerprint density at radius 1 is 1.30 bits per heavy atom. The minimum absolute atomic E-state index is 0.0659. The van der Waals surface area contributed by atoms with Gasteiger partial charge in [-0.1, -0.05) is 0 Å². The molecular weight excluding hydrogens is 132 g/mol. The minimum atomic E-state index is -0.0856. The van der Waals surface area contributed by atoms with Crippen molar-refractivity contribution in [3.8, 4) is 0 Å². The summed E-state index contributed by atoms with van der Waals surface area (Å²) >= 11 is 0. The number of methoxy groups -OCH3 is 1. The summed E-state index contributed by atoms with van der Waals surface area (Å²) in [6, 6.07) is 0. The molecule has 0 radical (unpaired) electrons. The lowest BCUT2D eigenvalue weighted by molar-refractivity contribution is -0.0313. The second-order valence-corrected chi connectivity index (χ2v) is 2.37. The summed E-state index contributed by atoms with van der Waals surface area (Å²) in [6.45, 7) is 4.35. The van der Waals surface area contributed by atoms with Gasteiger partial charge < -0.3 is 14.6 Å². The standard InChI is InChI=1S/C7H16O3/c1-6(4-8)10-5-7(2)9-3/h6-8H,4-5H2,1-3H3/t6-,7+/m0/s1. The summed E-state index contributed by atoms with van der Waals surface area (Å²) in [5.74, 6) is 0. The van der Waals surface area contributed by atoms with E-state index in [1.54, 1.807) is 7.11 Å². The molecule has 0 aliphatic rings. The van der Waals surface area contributed by atoms with Crippen LogP contribution in [0.5, 0.6) is 0 Å². The molecule has 0 bridgehead atoms. The maximum absolute atomic E-state index is 8.55. The van der Waals surface area contributed by atoms with Gasteiger partial charge in [0, 0.05) is 7.11 Å². The van der Waals surface area contributed by atoms with Crippen LogP contribution < -0.4 is 0 Å². The summed E-state index contributed by atoms with van der Waals surface area (Å²) in [5.41, 5.74) is 0. The number of ether oxygens (including phenoxy) is 2. The average Bonchev–Trinajstić information content (AvgIpc) is 1.99. The van der Waals surface area contributed by atoms with E-state index in [0.717, 1.165) is 0 Å². The first-order valence-corrected chi connectivity index (χ1v) is 3.46. The number of rotatable bonds is 5. The van der Waals surface area contributed by atoms with Crippen molar-refractivity contribution >= 4 is 0 Å². The SMILES string of the molecule is CO[C@H](C)CO[C@@H](C)CO. The summed E-state index contributed by atoms with van der Waals surface area (Å²) < 4.78 is 10.1. The fourth-order valence-electron chi connectivity index (χ4n) is 0.421. The molecule has 0 aromatic heterocycles. The predicted molar refractivity (Wildman–Crippen MR) is 39.0 cm³/mol. The zero-order valence-corrected chi connectivity index (χ0v) is 6.83. The van der Waals surface area contributed by atoms with Gasteiger partial charge in [-0.05, 0) is 13.8 Å². The van der Waals surface area contributed by atoms with Crippen LogP contribution in [-0.2, 0) is 9.47 Å². The second-order valence-electron chi connectivity index (χ2n) is 2.37. The van der Waals surface area contributed by atoms with Crippen LogP contribution in [0.25, 0.3) is 0 Å². The van der Waals surface area contributed by atoms with Crippen molar-refractivity contribution in [3.63, 3.8) is 0 Å². The lowest BCUT2D eigenvalue weighted by Crippen LogP contribution is -2.21. The fourth-order valence-corrected chi connectivity index (χ4v) is 0.421. The van der Waals surface area contributed by atoms with Gasteiger partial charge in [0.15, 0.2) is 0 Å². The van der Waals surface area contributed by atoms with Crippen LogP contribution in [0.3, 0.4) is 0 Å². The molecule has 0 unspecified atom stereocenters. The quantitative estimate of drug-likeness (QED) is 0.614. The molecule has 0 rings (SSSR count). The molecule has 0 amide bonds. The van der Waals surface area contributed by atoms with E-state index >= 15 is 0 Å². The molecule has 0 aliphatic heterocycles. The Bertz CT molecular complexity index is 65.3. The van der Waals surface area contributed by atoms with Crippen LogP contribution in [0, 0.1) is 0 Å². The van der Waals surface area contributed by atoms with Gasteiger partial charge in [0.2, 0.25) is 0 Å². The summed E-state index contributed by atoms with van der Waals surface area (Å²) in [4.78, 5) is 0. The fraction of sp³-hybridized carbons (Fsp3) is 1.00. The van der Waals surface area contributed by atoms with Crippen molar-refractivity contribution in [1.29, 1.82) is 0 Å². The van der Waals surface area contributed by atoms with Crippen LogP contribution >= 0.6 is 0 Å². The molecule has 0 spiro atoms. The molecular formula is C7H16O3. The Balaban J connectivity index is 3.17. The molecule has 3 heteroatoms. The van der Waals surface area contributed by atoms with E-state index in [0.29, 0.717) is 6.61 Å². The topological polar surface area (TPSA) is 38.7 Å². The van der Waals surface area contributed by atoms with Gasteiger partial charge in [-0.2, -0.15) is 0 Å². The normalized spacial score (nSPS) is 16.8. The lowest BCUT2D eigenvalue weighted by Gasteiger charge is -2.13. The zero-order chi connectivity index (χ0) is 7.98. The minimum Gasteiger partial charge on any atom is -0.394 e. The van der Waals surface area contributed by atoms with Gasteiger partial charge >= 0.3 is 0 Å². The highest BCUT2D eigenvalue weighted by atomic mass is 16.5. The Kier molecular flexibility index (Phi) is 5.58. The molecule has 0 aromatic rings. The third kappa shape index (κ3) is 4.73. The Hall–Kier alpha value is -0.120. The Morgan fingerprint density at radius 2 is 1.90 bits per heavy atom. The first kappa shape index (κ1) is 9.88. The third-order valence-corrected chi connectivity index (χ3v) is 1.27. The third-order valence-electron chi connectivity index (χ3n) is 1.27. The first-order chi connectivity index (χ1) is 4.70. The van der Waals surface area contributed by atoms with E-state index < -0.39 is 0 Å². The number of aliphatic hydroxyl groups excluding tert-OH is 1. The van der Waals surface area contributed by atoms with Crippen LogP contribution in [0.1, 0.15) is 13.8 Å². The summed E-state index contributed by atoms with van der Waals surface area (Å²) in [5, 5.41) is 8.55. The highest BCUT2D eigenvalue weighted by Gasteiger charge is 2.03. The van der Waals surface area contributed by atoms with Gasteiger partial charge in [-0.3, -0.25) is 0 Å². The average molecular weight is 148 g/mol. The molecule has 0 aliphatic carbocycles. The molecule has 0 saturated carbocycles. The monoisotopic (exact) mass is 148 g/mol. The van der Waals surface area contributed by atoms with Crippen molar-refractivity contribution in [3.05, 3.63) is 0 Å². The summed E-state index contributed by atoms with van der Waals surface area (Å²) in [6.07, 6.45) is 0.0200. The highest BCUT2D eigenvalue weighted by molar-refractivity contribution is 4.49. The van der Waals surface area contributed by atoms with Gasteiger partial charge in [0.05, 0.1) is 25.4 Å². The maximum Gasteiger partial charge on any atom is 0.0779 e. The van der Waals surface area contributed by atoms with Crippen molar-refractivity contribution in [2.45, 2.75) is 26.1 Å². The van der Waals surface area contributed by atoms with E-state index in [4.69, 9.17) is 14.6 Å². The van der Waals surface area contributed by atoms with E-state index in [2.05, 4.69) is 0 Å². The van der Waals surface area contributed by atoms with Crippen LogP contribution in [0.4, 0.5) is 0 Å². The smallest absolute Gasteiger partial charge is 0.0779 e. The van der Waals surface area contributed by atoms with Crippen molar-refractivity contribution in [1.82, 2.24) is 0 Å². The molecule has 0 fully saturated rings. The first-order valence-electron chi connectivity index (χ1n) is 3.46. The highest BCUT2D eigenvalue weighted by Crippen LogP contribution is 1.93. The van der Waals surface area contributed by atoms with E-state index in [-0.39, 0.29) is 18.8 Å². The van der Waals surface area contributed by atoms with Crippen LogP contribution in [-0.4, -0.2) is 37.6 Å². The zero-order valence-electron chi connectivity index (χ0n) is 6.83. The van der Waals surface area contributed by atoms with Gasteiger partial charge in [-0.25, -0.2) is 0 Å². The van der Waals surface area contributed by atoms with E-state index in [1.807, 2.05) is 13.8 Å².